The number of nitrogens with zero attached hydrogens (tertiary/aromatic N) is 3. The number of rotatable bonds is 7. The number of amides is 2. The van der Waals surface area contributed by atoms with Gasteiger partial charge in [-0.2, -0.15) is 0 Å². The molecule has 2 heterocycles. The number of carbonyl (C=O) groups is 2. The van der Waals surface area contributed by atoms with Crippen LogP contribution in [0.5, 0.6) is 0 Å². The average Bonchev–Trinajstić information content (AvgIpc) is 3.43. The van der Waals surface area contributed by atoms with E-state index in [1.807, 2.05) is 0 Å². The van der Waals surface area contributed by atoms with Crippen molar-refractivity contribution in [1.29, 1.82) is 0 Å². The zero-order valence-electron chi connectivity index (χ0n) is 17.1. The van der Waals surface area contributed by atoms with Crippen molar-refractivity contribution in [2.75, 3.05) is 18.0 Å². The number of carbonyl (C=O) groups excluding carboxylic acids is 2. The predicted octanol–water partition coefficient (Wildman–Crippen LogP) is 2.38. The second-order valence-electron chi connectivity index (χ2n) is 7.23. The van der Waals surface area contributed by atoms with Gasteiger partial charge in [-0.25, -0.2) is 14.3 Å². The van der Waals surface area contributed by atoms with Crippen LogP contribution in [0.25, 0.3) is 11.1 Å². The van der Waals surface area contributed by atoms with Crippen LogP contribution in [0.4, 0.5) is 14.9 Å². The van der Waals surface area contributed by atoms with E-state index in [2.05, 4.69) is 20.7 Å². The first-order valence-electron chi connectivity index (χ1n) is 9.76. The molecule has 2 amide bonds. The second-order valence-corrected chi connectivity index (χ2v) is 8.64. The quantitative estimate of drug-likeness (QED) is 0.525. The Kier molecular flexibility index (Phi) is 6.37. The Morgan fingerprint density at radius 2 is 2.12 bits per heavy atom. The van der Waals surface area contributed by atoms with Crippen molar-refractivity contribution in [1.82, 2.24) is 20.7 Å². The highest BCUT2D eigenvalue weighted by molar-refractivity contribution is 7.90. The molecule has 1 unspecified atom stereocenters. The van der Waals surface area contributed by atoms with Gasteiger partial charge in [0.1, 0.15) is 23.9 Å². The van der Waals surface area contributed by atoms with Gasteiger partial charge in [0.15, 0.2) is 0 Å². The molecule has 0 bridgehead atoms. The largest absolute Gasteiger partial charge is 0.610 e. The van der Waals surface area contributed by atoms with Crippen molar-refractivity contribution in [3.05, 3.63) is 60.0 Å². The lowest BCUT2D eigenvalue weighted by molar-refractivity contribution is -0.119. The Balaban J connectivity index is 1.44. The van der Waals surface area contributed by atoms with Crippen molar-refractivity contribution in [2.24, 2.45) is 0 Å². The van der Waals surface area contributed by atoms with Crippen LogP contribution in [-0.4, -0.2) is 51.2 Å². The SMILES string of the molecule is CC(=O)NC[C@H]1CN(c2ccc(-c3ccc(C[S+]([O-])c4cnn[nH]4)cc3)c(F)c2)C(=O)O1. The highest BCUT2D eigenvalue weighted by Crippen LogP contribution is 2.29. The number of nitrogens with one attached hydrogen (secondary N) is 2. The lowest BCUT2D eigenvalue weighted by Gasteiger charge is -2.15. The van der Waals surface area contributed by atoms with E-state index in [-0.39, 0.29) is 24.7 Å². The predicted molar refractivity (Wildman–Crippen MR) is 115 cm³/mol. The fourth-order valence-electron chi connectivity index (χ4n) is 3.31. The molecule has 0 saturated carbocycles. The topological polar surface area (TPSA) is 123 Å². The van der Waals surface area contributed by atoms with Gasteiger partial charge < -0.3 is 14.6 Å². The number of benzene rings is 2. The second kappa shape index (κ2) is 9.37. The molecule has 0 radical (unpaired) electrons. The van der Waals surface area contributed by atoms with E-state index in [1.165, 1.54) is 24.1 Å². The summed E-state index contributed by atoms with van der Waals surface area (Å²) < 4.78 is 32.3. The minimum Gasteiger partial charge on any atom is -0.610 e. The van der Waals surface area contributed by atoms with Gasteiger partial charge in [0.05, 0.1) is 18.8 Å². The van der Waals surface area contributed by atoms with Crippen LogP contribution in [-0.2, 0) is 26.5 Å². The lowest BCUT2D eigenvalue weighted by atomic mass is 10.0. The van der Waals surface area contributed by atoms with Crippen molar-refractivity contribution in [2.45, 2.75) is 23.8 Å². The van der Waals surface area contributed by atoms with Crippen molar-refractivity contribution in [3.8, 4) is 11.1 Å². The molecule has 3 aromatic rings. The molecule has 9 nitrogen and oxygen atoms in total. The van der Waals surface area contributed by atoms with Crippen LogP contribution in [0.2, 0.25) is 0 Å². The monoisotopic (exact) mass is 457 g/mol. The molecule has 166 valence electrons. The highest BCUT2D eigenvalue weighted by Gasteiger charge is 2.32. The number of hydrogen-bond acceptors (Lipinski definition) is 6. The molecule has 1 fully saturated rings. The molecular formula is C21H20FN5O4S. The summed E-state index contributed by atoms with van der Waals surface area (Å²) in [4.78, 5) is 24.5. The lowest BCUT2D eigenvalue weighted by Crippen LogP contribution is -2.33. The van der Waals surface area contributed by atoms with Crippen LogP contribution in [0.3, 0.4) is 0 Å². The molecule has 1 aliphatic rings. The van der Waals surface area contributed by atoms with Crippen molar-refractivity contribution in [3.63, 3.8) is 0 Å². The number of cyclic esters (lactones) is 1. The Bertz CT molecular complexity index is 1110. The van der Waals surface area contributed by atoms with E-state index in [0.717, 1.165) is 5.56 Å². The Hall–Kier alpha value is -3.44. The number of hydrogen-bond donors (Lipinski definition) is 2. The maximum Gasteiger partial charge on any atom is 0.414 e. The summed E-state index contributed by atoms with van der Waals surface area (Å²) in [7, 11) is 0. The number of ether oxygens (including phenoxy) is 1. The molecule has 0 aliphatic carbocycles. The number of H-pyrrole nitrogens is 1. The molecule has 2 aromatic carbocycles. The van der Waals surface area contributed by atoms with Gasteiger partial charge in [-0.05, 0) is 23.8 Å². The van der Waals surface area contributed by atoms with Crippen molar-refractivity contribution < 1.29 is 23.3 Å². The Morgan fingerprint density at radius 1 is 1.34 bits per heavy atom. The summed E-state index contributed by atoms with van der Waals surface area (Å²) in [5.41, 5.74) is 2.23. The van der Waals surface area contributed by atoms with E-state index in [4.69, 9.17) is 4.74 Å². The average molecular weight is 457 g/mol. The minimum absolute atomic E-state index is 0.201. The standard InChI is InChI=1S/C21H20FN5O4S/c1-13(28)23-9-17-11-27(21(29)31-17)16-6-7-18(19(22)8-16)15-4-2-14(3-5-15)12-32(30)20-10-24-26-25-20/h2-8,10,17H,9,11-12H2,1H3,(H,23,28)(H,24,25,26)/t17-,32?/m0/s1. The van der Waals surface area contributed by atoms with Gasteiger partial charge in [-0.1, -0.05) is 29.5 Å². The molecule has 1 aliphatic heterocycles. The number of anilines is 1. The molecule has 32 heavy (non-hydrogen) atoms. The molecule has 2 N–H and O–H groups in total. The van der Waals surface area contributed by atoms with Crippen LogP contribution in [0.15, 0.2) is 53.7 Å². The fraction of sp³-hybridized carbons (Fsp3) is 0.238. The smallest absolute Gasteiger partial charge is 0.414 e. The van der Waals surface area contributed by atoms with Crippen LogP contribution < -0.4 is 10.2 Å². The summed E-state index contributed by atoms with van der Waals surface area (Å²) >= 11 is -1.30. The van der Waals surface area contributed by atoms with Crippen LogP contribution in [0, 0.1) is 5.82 Å². The van der Waals surface area contributed by atoms with Gasteiger partial charge >= 0.3 is 6.09 Å². The molecule has 1 saturated heterocycles. The number of aromatic amines is 1. The summed E-state index contributed by atoms with van der Waals surface area (Å²) in [6, 6.07) is 11.6. The normalized spacial score (nSPS) is 16.7. The van der Waals surface area contributed by atoms with E-state index >= 15 is 0 Å². The Morgan fingerprint density at radius 3 is 2.78 bits per heavy atom. The van der Waals surface area contributed by atoms with Crippen molar-refractivity contribution >= 4 is 28.9 Å². The molecule has 0 spiro atoms. The van der Waals surface area contributed by atoms with Gasteiger partial charge in [0.25, 0.3) is 5.03 Å². The summed E-state index contributed by atoms with van der Waals surface area (Å²) in [6.07, 6.45) is 0.335. The number of halogens is 1. The van der Waals surface area contributed by atoms with Crippen LogP contribution in [0.1, 0.15) is 12.5 Å². The van der Waals surface area contributed by atoms with Gasteiger partial charge in [0, 0.05) is 29.2 Å². The van der Waals surface area contributed by atoms with Gasteiger partial charge in [-0.3, -0.25) is 9.69 Å². The summed E-state index contributed by atoms with van der Waals surface area (Å²) in [6.45, 7) is 1.80. The zero-order chi connectivity index (χ0) is 22.7. The highest BCUT2D eigenvalue weighted by atomic mass is 32.2. The summed E-state index contributed by atoms with van der Waals surface area (Å²) in [5.74, 6) is -0.423. The molecule has 1 aromatic heterocycles. The maximum atomic E-state index is 14.9. The first kappa shape index (κ1) is 21.8. The molecular weight excluding hydrogens is 437 g/mol. The Labute approximate surface area is 186 Å². The first-order valence-corrected chi connectivity index (χ1v) is 11.1. The van der Waals surface area contributed by atoms with E-state index in [9.17, 15) is 18.5 Å². The zero-order valence-corrected chi connectivity index (χ0v) is 17.9. The third kappa shape index (κ3) is 4.89. The maximum absolute atomic E-state index is 14.9. The number of aromatic nitrogens is 3. The minimum atomic E-state index is -1.30. The molecule has 4 rings (SSSR count). The van der Waals surface area contributed by atoms with E-state index < -0.39 is 29.2 Å². The van der Waals surface area contributed by atoms with E-state index in [1.54, 1.807) is 36.4 Å². The fourth-order valence-corrected chi connectivity index (χ4v) is 4.27. The third-order valence-electron chi connectivity index (χ3n) is 4.92. The van der Waals surface area contributed by atoms with Gasteiger partial charge in [-0.15, -0.1) is 5.10 Å². The van der Waals surface area contributed by atoms with E-state index in [0.29, 0.717) is 21.8 Å². The molecule has 2 atom stereocenters. The first-order chi connectivity index (χ1) is 15.4. The third-order valence-corrected chi connectivity index (χ3v) is 6.20. The van der Waals surface area contributed by atoms with Crippen LogP contribution >= 0.6 is 0 Å². The van der Waals surface area contributed by atoms with Gasteiger partial charge in [0.2, 0.25) is 5.91 Å². The summed E-state index contributed by atoms with van der Waals surface area (Å²) in [5, 5.41) is 12.8. The molecule has 11 heteroatoms.